The molecule has 16 heavy (non-hydrogen) atoms. The van der Waals surface area contributed by atoms with Crippen LogP contribution in [0.15, 0.2) is 0 Å². The third-order valence-electron chi connectivity index (χ3n) is 3.06. The Morgan fingerprint density at radius 1 is 1.38 bits per heavy atom. The summed E-state index contributed by atoms with van der Waals surface area (Å²) in [5.41, 5.74) is 2.01. The second-order valence-electron chi connectivity index (χ2n) is 4.10. The average molecular weight is 242 g/mol. The van der Waals surface area contributed by atoms with Crippen molar-refractivity contribution in [3.8, 4) is 0 Å². The predicted molar refractivity (Wildman–Crippen MR) is 56.7 cm³/mol. The molecule has 98 valence electrons. The van der Waals surface area contributed by atoms with Gasteiger partial charge < -0.3 is 4.74 Å². The van der Waals surface area contributed by atoms with Crippen molar-refractivity contribution in [3.05, 3.63) is 0 Å². The van der Waals surface area contributed by atoms with Gasteiger partial charge in [0.1, 0.15) is 0 Å². The molecule has 0 radical (unpaired) electrons. The predicted octanol–water partition coefficient (Wildman–Crippen LogP) is 2.37. The van der Waals surface area contributed by atoms with Crippen LogP contribution in [0, 0.1) is 0 Å². The van der Waals surface area contributed by atoms with Gasteiger partial charge in [0.2, 0.25) is 0 Å². The molecular weight excluding hydrogens is 221 g/mol. The Labute approximate surface area is 94.5 Å². The van der Waals surface area contributed by atoms with Crippen LogP contribution >= 0.6 is 0 Å². The quantitative estimate of drug-likeness (QED) is 0.532. The normalized spacial score (nSPS) is 18.2. The molecule has 0 aromatic heterocycles. The number of ether oxygens (including phenoxy) is 1. The molecule has 0 bridgehead atoms. The zero-order valence-corrected chi connectivity index (χ0v) is 10.0. The number of methoxy groups -OCH3 is 1. The summed E-state index contributed by atoms with van der Waals surface area (Å²) < 4.78 is 41.3. The lowest BCUT2D eigenvalue weighted by atomic mass is 9.90. The third kappa shape index (κ3) is 5.14. The maximum atomic E-state index is 12.0. The van der Waals surface area contributed by atoms with Gasteiger partial charge in [0.25, 0.3) is 0 Å². The summed E-state index contributed by atoms with van der Waals surface area (Å²) in [4.78, 5) is 0. The van der Waals surface area contributed by atoms with E-state index in [2.05, 4.69) is 5.43 Å². The molecule has 3 N–H and O–H groups in total. The highest BCUT2D eigenvalue weighted by molar-refractivity contribution is 4.87. The van der Waals surface area contributed by atoms with E-state index in [4.69, 9.17) is 10.6 Å². The molecule has 0 aliphatic carbocycles. The van der Waals surface area contributed by atoms with Gasteiger partial charge in [-0.15, -0.1) is 0 Å². The third-order valence-corrected chi connectivity index (χ3v) is 3.06. The molecule has 0 amide bonds. The highest BCUT2D eigenvalue weighted by atomic mass is 19.4. The van der Waals surface area contributed by atoms with Gasteiger partial charge in [0.15, 0.2) is 0 Å². The van der Waals surface area contributed by atoms with Crippen LogP contribution in [0.2, 0.25) is 0 Å². The molecule has 0 rings (SSSR count). The number of hydrogen-bond donors (Lipinski definition) is 2. The fraction of sp³-hybridized carbons (Fsp3) is 1.00. The minimum absolute atomic E-state index is 0.0529. The Morgan fingerprint density at radius 3 is 2.25 bits per heavy atom. The van der Waals surface area contributed by atoms with E-state index >= 15 is 0 Å². The van der Waals surface area contributed by atoms with Gasteiger partial charge in [0, 0.05) is 19.6 Å². The van der Waals surface area contributed by atoms with Crippen molar-refractivity contribution in [3.63, 3.8) is 0 Å². The zero-order chi connectivity index (χ0) is 12.8. The molecule has 2 unspecified atom stereocenters. The fourth-order valence-corrected chi connectivity index (χ4v) is 1.60. The Kier molecular flexibility index (Phi) is 6.28. The van der Waals surface area contributed by atoms with Gasteiger partial charge in [0.05, 0.1) is 5.60 Å². The highest BCUT2D eigenvalue weighted by Gasteiger charge is 2.33. The van der Waals surface area contributed by atoms with Crippen molar-refractivity contribution >= 4 is 0 Å². The van der Waals surface area contributed by atoms with Gasteiger partial charge >= 0.3 is 6.18 Å². The lowest BCUT2D eigenvalue weighted by Gasteiger charge is -2.35. The Balaban J connectivity index is 4.20. The summed E-state index contributed by atoms with van der Waals surface area (Å²) in [7, 11) is 1.54. The number of halogens is 3. The Bertz CT molecular complexity index is 193. The van der Waals surface area contributed by atoms with Crippen LogP contribution < -0.4 is 11.3 Å². The van der Waals surface area contributed by atoms with Gasteiger partial charge in [-0.1, -0.05) is 6.92 Å². The van der Waals surface area contributed by atoms with E-state index < -0.39 is 18.2 Å². The maximum absolute atomic E-state index is 12.0. The number of nitrogens with two attached hydrogens (primary N) is 1. The average Bonchev–Trinajstić information content (AvgIpc) is 2.22. The summed E-state index contributed by atoms with van der Waals surface area (Å²) in [5.74, 6) is 5.35. The summed E-state index contributed by atoms with van der Waals surface area (Å²) in [6, 6.07) is -0.273. The topological polar surface area (TPSA) is 47.3 Å². The van der Waals surface area contributed by atoms with Crippen molar-refractivity contribution in [2.24, 2.45) is 5.84 Å². The van der Waals surface area contributed by atoms with Gasteiger partial charge in [-0.25, -0.2) is 0 Å². The molecule has 0 fully saturated rings. The molecule has 0 aliphatic rings. The van der Waals surface area contributed by atoms with Crippen LogP contribution in [0.1, 0.15) is 39.5 Å². The molecule has 0 spiro atoms. The Morgan fingerprint density at radius 2 is 1.94 bits per heavy atom. The lowest BCUT2D eigenvalue weighted by Crippen LogP contribution is -2.52. The minimum atomic E-state index is -4.10. The summed E-state index contributed by atoms with van der Waals surface area (Å²) >= 11 is 0. The van der Waals surface area contributed by atoms with E-state index in [-0.39, 0.29) is 12.5 Å². The van der Waals surface area contributed by atoms with E-state index in [1.54, 1.807) is 0 Å². The maximum Gasteiger partial charge on any atom is 0.389 e. The first-order valence-corrected chi connectivity index (χ1v) is 5.37. The SMILES string of the molecule is CCC(C)(OC)C(CCCC(F)(F)F)NN. The van der Waals surface area contributed by atoms with Crippen LogP contribution in [0.5, 0.6) is 0 Å². The summed E-state index contributed by atoms with van der Waals surface area (Å²) in [6.45, 7) is 3.75. The van der Waals surface area contributed by atoms with Crippen molar-refractivity contribution < 1.29 is 17.9 Å². The van der Waals surface area contributed by atoms with Crippen molar-refractivity contribution in [1.82, 2.24) is 5.43 Å². The molecule has 6 heteroatoms. The van der Waals surface area contributed by atoms with Crippen LogP contribution in [0.4, 0.5) is 13.2 Å². The number of alkyl halides is 3. The molecule has 2 atom stereocenters. The van der Waals surface area contributed by atoms with Gasteiger partial charge in [-0.05, 0) is 26.2 Å². The van der Waals surface area contributed by atoms with E-state index in [1.807, 2.05) is 13.8 Å². The van der Waals surface area contributed by atoms with Crippen LogP contribution in [-0.2, 0) is 4.74 Å². The number of rotatable bonds is 7. The van der Waals surface area contributed by atoms with Crippen LogP contribution in [0.25, 0.3) is 0 Å². The molecule has 0 heterocycles. The van der Waals surface area contributed by atoms with Crippen molar-refractivity contribution in [1.29, 1.82) is 0 Å². The first kappa shape index (κ1) is 15.7. The second kappa shape index (κ2) is 6.42. The Hall–Kier alpha value is -0.330. The fourth-order valence-electron chi connectivity index (χ4n) is 1.60. The number of nitrogens with one attached hydrogen (secondary N) is 1. The molecule has 3 nitrogen and oxygen atoms in total. The minimum Gasteiger partial charge on any atom is -0.377 e. The first-order valence-electron chi connectivity index (χ1n) is 5.37. The molecule has 0 aliphatic heterocycles. The second-order valence-corrected chi connectivity index (χ2v) is 4.10. The monoisotopic (exact) mass is 242 g/mol. The molecular formula is C10H21F3N2O. The van der Waals surface area contributed by atoms with Crippen LogP contribution in [0.3, 0.4) is 0 Å². The van der Waals surface area contributed by atoms with Gasteiger partial charge in [-0.2, -0.15) is 13.2 Å². The van der Waals surface area contributed by atoms with Gasteiger partial charge in [-0.3, -0.25) is 11.3 Å². The largest absolute Gasteiger partial charge is 0.389 e. The smallest absolute Gasteiger partial charge is 0.377 e. The van der Waals surface area contributed by atoms with E-state index in [0.29, 0.717) is 12.8 Å². The molecule has 0 saturated heterocycles. The molecule has 0 saturated carbocycles. The summed E-state index contributed by atoms with van der Waals surface area (Å²) in [5, 5.41) is 0. The zero-order valence-electron chi connectivity index (χ0n) is 10.0. The number of hydrazine groups is 1. The first-order chi connectivity index (χ1) is 7.29. The van der Waals surface area contributed by atoms with E-state index in [1.165, 1.54) is 7.11 Å². The number of hydrogen-bond acceptors (Lipinski definition) is 3. The van der Waals surface area contributed by atoms with Crippen molar-refractivity contribution in [2.45, 2.75) is 57.3 Å². The lowest BCUT2D eigenvalue weighted by molar-refractivity contribution is -0.137. The van der Waals surface area contributed by atoms with Crippen LogP contribution in [-0.4, -0.2) is 24.9 Å². The standard InChI is InChI=1S/C10H21F3N2O/c1-4-9(2,16-3)8(15-14)6-5-7-10(11,12)13/h8,15H,4-7,14H2,1-3H3. The molecule has 0 aromatic carbocycles. The van der Waals surface area contributed by atoms with E-state index in [9.17, 15) is 13.2 Å². The molecule has 0 aromatic rings. The van der Waals surface area contributed by atoms with E-state index in [0.717, 1.165) is 0 Å². The highest BCUT2D eigenvalue weighted by Crippen LogP contribution is 2.26. The van der Waals surface area contributed by atoms with Crippen molar-refractivity contribution in [2.75, 3.05) is 7.11 Å². The summed E-state index contributed by atoms with van der Waals surface area (Å²) in [6.07, 6.45) is -3.81.